The van der Waals surface area contributed by atoms with E-state index in [0.29, 0.717) is 5.02 Å². The highest BCUT2D eigenvalue weighted by Gasteiger charge is 2.18. The number of amides is 1. The Morgan fingerprint density at radius 3 is 2.26 bits per heavy atom. The Balaban J connectivity index is 1.73. The first-order chi connectivity index (χ1) is 14.8. The second-order valence-corrected chi connectivity index (χ2v) is 8.91. The minimum absolute atomic E-state index is 0.0336. The van der Waals surface area contributed by atoms with E-state index in [1.165, 1.54) is 42.6 Å². The van der Waals surface area contributed by atoms with Crippen molar-refractivity contribution in [2.45, 2.75) is 4.90 Å². The average Bonchev–Trinajstić information content (AvgIpc) is 2.74. The van der Waals surface area contributed by atoms with Gasteiger partial charge in [-0.25, -0.2) is 13.8 Å². The maximum atomic E-state index is 12.6. The van der Waals surface area contributed by atoms with Gasteiger partial charge in [0, 0.05) is 24.8 Å². The van der Waals surface area contributed by atoms with Crippen molar-refractivity contribution in [1.82, 2.24) is 5.43 Å². The molecule has 2 N–H and O–H groups in total. The first-order valence-corrected chi connectivity index (χ1v) is 11.1. The fourth-order valence-corrected chi connectivity index (χ4v) is 3.88. The molecule has 0 heterocycles. The first-order valence-electron chi connectivity index (χ1n) is 9.24. The van der Waals surface area contributed by atoms with E-state index in [9.17, 15) is 13.2 Å². The molecule has 0 atom stereocenters. The van der Waals surface area contributed by atoms with Gasteiger partial charge in [0.1, 0.15) is 0 Å². The molecule has 0 aliphatic rings. The van der Waals surface area contributed by atoms with Gasteiger partial charge in [-0.05, 0) is 54.1 Å². The second kappa shape index (κ2) is 9.63. The molecule has 31 heavy (non-hydrogen) atoms. The van der Waals surface area contributed by atoms with Crippen LogP contribution in [0, 0.1) is 0 Å². The predicted molar refractivity (Wildman–Crippen MR) is 125 cm³/mol. The SMILES string of the molecule is CN(C)c1ccc(/C=N/NC(=O)c2ccccc2NS(=O)(=O)c2ccc(Cl)cc2)cc1. The molecule has 3 aromatic carbocycles. The van der Waals surface area contributed by atoms with Crippen LogP contribution in [0.5, 0.6) is 0 Å². The molecule has 3 rings (SSSR count). The molecule has 160 valence electrons. The zero-order chi connectivity index (χ0) is 22.4. The Morgan fingerprint density at radius 1 is 0.968 bits per heavy atom. The Morgan fingerprint density at radius 2 is 1.61 bits per heavy atom. The summed E-state index contributed by atoms with van der Waals surface area (Å²) in [5.74, 6) is -0.546. The number of halogens is 1. The van der Waals surface area contributed by atoms with Gasteiger partial charge in [0.15, 0.2) is 0 Å². The number of rotatable bonds is 7. The van der Waals surface area contributed by atoms with Crippen molar-refractivity contribution in [1.29, 1.82) is 0 Å². The van der Waals surface area contributed by atoms with E-state index in [0.717, 1.165) is 11.3 Å². The van der Waals surface area contributed by atoms with Gasteiger partial charge in [0.25, 0.3) is 15.9 Å². The third kappa shape index (κ3) is 5.84. The van der Waals surface area contributed by atoms with Crippen LogP contribution in [0.1, 0.15) is 15.9 Å². The van der Waals surface area contributed by atoms with E-state index in [1.54, 1.807) is 12.1 Å². The van der Waals surface area contributed by atoms with Crippen LogP contribution in [0.4, 0.5) is 11.4 Å². The molecule has 0 aliphatic heterocycles. The topological polar surface area (TPSA) is 90.9 Å². The molecule has 7 nitrogen and oxygen atoms in total. The van der Waals surface area contributed by atoms with Crippen LogP contribution < -0.4 is 15.0 Å². The highest BCUT2D eigenvalue weighted by atomic mass is 35.5. The van der Waals surface area contributed by atoms with Gasteiger partial charge in [-0.2, -0.15) is 5.10 Å². The number of nitrogens with one attached hydrogen (secondary N) is 2. The molecule has 0 saturated carbocycles. The summed E-state index contributed by atoms with van der Waals surface area (Å²) in [5.41, 5.74) is 4.56. The number of nitrogens with zero attached hydrogens (tertiary/aromatic N) is 2. The second-order valence-electron chi connectivity index (χ2n) is 6.79. The molecule has 3 aromatic rings. The minimum atomic E-state index is -3.89. The van der Waals surface area contributed by atoms with Gasteiger partial charge >= 0.3 is 0 Å². The largest absolute Gasteiger partial charge is 0.378 e. The summed E-state index contributed by atoms with van der Waals surface area (Å²) < 4.78 is 27.7. The summed E-state index contributed by atoms with van der Waals surface area (Å²) in [6.45, 7) is 0. The summed E-state index contributed by atoms with van der Waals surface area (Å²) in [4.78, 5) is 14.6. The summed E-state index contributed by atoms with van der Waals surface area (Å²) in [5, 5.41) is 4.39. The van der Waals surface area contributed by atoms with Crippen LogP contribution in [0.25, 0.3) is 0 Å². The van der Waals surface area contributed by atoms with Crippen molar-refractivity contribution in [2.24, 2.45) is 5.10 Å². The molecule has 0 unspecified atom stereocenters. The maximum absolute atomic E-state index is 12.6. The lowest BCUT2D eigenvalue weighted by Crippen LogP contribution is -2.21. The highest BCUT2D eigenvalue weighted by Crippen LogP contribution is 2.21. The number of anilines is 2. The first kappa shape index (κ1) is 22.3. The van der Waals surface area contributed by atoms with E-state index in [4.69, 9.17) is 11.6 Å². The number of carbonyl (C=O) groups is 1. The smallest absolute Gasteiger partial charge is 0.273 e. The molecule has 0 fully saturated rings. The van der Waals surface area contributed by atoms with Crippen molar-refractivity contribution in [2.75, 3.05) is 23.7 Å². The van der Waals surface area contributed by atoms with Crippen LogP contribution in [0.2, 0.25) is 5.02 Å². The molecule has 0 radical (unpaired) electrons. The monoisotopic (exact) mass is 456 g/mol. The molecule has 1 amide bonds. The molecular weight excluding hydrogens is 436 g/mol. The van der Waals surface area contributed by atoms with Crippen molar-refractivity contribution in [3.8, 4) is 0 Å². The number of hydrogen-bond acceptors (Lipinski definition) is 5. The molecule has 0 spiro atoms. The fraction of sp³-hybridized carbons (Fsp3) is 0.0909. The van der Waals surface area contributed by atoms with Gasteiger partial charge in [0.05, 0.1) is 22.4 Å². The Kier molecular flexibility index (Phi) is 6.94. The van der Waals surface area contributed by atoms with Crippen LogP contribution >= 0.6 is 11.6 Å². The zero-order valence-corrected chi connectivity index (χ0v) is 18.5. The molecule has 0 bridgehead atoms. The number of sulfonamides is 1. The van der Waals surface area contributed by atoms with Crippen molar-refractivity contribution in [3.05, 3.63) is 88.9 Å². The van der Waals surface area contributed by atoms with Gasteiger partial charge < -0.3 is 4.90 Å². The highest BCUT2D eigenvalue weighted by molar-refractivity contribution is 7.92. The van der Waals surface area contributed by atoms with Gasteiger partial charge in [0.2, 0.25) is 0 Å². The molecule has 0 aromatic heterocycles. The van der Waals surface area contributed by atoms with E-state index in [-0.39, 0.29) is 16.1 Å². The van der Waals surface area contributed by atoms with E-state index >= 15 is 0 Å². The molecular formula is C22H21ClN4O3S. The average molecular weight is 457 g/mol. The van der Waals surface area contributed by atoms with Crippen LogP contribution in [0.3, 0.4) is 0 Å². The zero-order valence-electron chi connectivity index (χ0n) is 16.9. The van der Waals surface area contributed by atoms with Crippen molar-refractivity contribution in [3.63, 3.8) is 0 Å². The number of benzene rings is 3. The normalized spacial score (nSPS) is 11.3. The van der Waals surface area contributed by atoms with Gasteiger partial charge in [-0.3, -0.25) is 9.52 Å². The van der Waals surface area contributed by atoms with Gasteiger partial charge in [-0.15, -0.1) is 0 Å². The third-order valence-electron chi connectivity index (χ3n) is 4.33. The minimum Gasteiger partial charge on any atom is -0.378 e. The lowest BCUT2D eigenvalue weighted by atomic mass is 10.2. The Labute approximate surface area is 186 Å². The summed E-state index contributed by atoms with van der Waals surface area (Å²) in [6, 6.07) is 19.6. The quantitative estimate of drug-likeness (QED) is 0.415. The summed E-state index contributed by atoms with van der Waals surface area (Å²) >= 11 is 5.82. The van der Waals surface area contributed by atoms with E-state index < -0.39 is 15.9 Å². The fourth-order valence-electron chi connectivity index (χ4n) is 2.67. The summed E-state index contributed by atoms with van der Waals surface area (Å²) in [7, 11) is 0.000918. The van der Waals surface area contributed by atoms with E-state index in [1.807, 2.05) is 43.3 Å². The van der Waals surface area contributed by atoms with Crippen LogP contribution in [-0.4, -0.2) is 34.6 Å². The van der Waals surface area contributed by atoms with Crippen LogP contribution in [0.15, 0.2) is 82.8 Å². The third-order valence-corrected chi connectivity index (χ3v) is 5.96. The maximum Gasteiger partial charge on any atom is 0.273 e. The standard InChI is InChI=1S/C22H21ClN4O3S/c1-27(2)18-11-7-16(8-12-18)15-24-25-22(28)20-5-3-4-6-21(20)26-31(29,30)19-13-9-17(23)10-14-19/h3-15,26H,1-2H3,(H,25,28)/b24-15+. The van der Waals surface area contributed by atoms with Crippen molar-refractivity contribution >= 4 is 45.1 Å². The van der Waals surface area contributed by atoms with E-state index in [2.05, 4.69) is 15.2 Å². The Bertz CT molecular complexity index is 1190. The number of hydrogen-bond donors (Lipinski definition) is 2. The molecule has 9 heteroatoms. The number of carbonyl (C=O) groups excluding carboxylic acids is 1. The molecule has 0 saturated heterocycles. The lowest BCUT2D eigenvalue weighted by Gasteiger charge is -2.12. The summed E-state index contributed by atoms with van der Waals surface area (Å²) in [6.07, 6.45) is 1.51. The number of para-hydroxylation sites is 1. The van der Waals surface area contributed by atoms with Crippen LogP contribution in [-0.2, 0) is 10.0 Å². The number of hydrazone groups is 1. The Hall–Kier alpha value is -3.36. The predicted octanol–water partition coefficient (Wildman–Crippen LogP) is 3.97. The van der Waals surface area contributed by atoms with Gasteiger partial charge in [-0.1, -0.05) is 35.9 Å². The van der Waals surface area contributed by atoms with Crippen molar-refractivity contribution < 1.29 is 13.2 Å². The molecule has 0 aliphatic carbocycles. The lowest BCUT2D eigenvalue weighted by molar-refractivity contribution is 0.0956.